The highest BCUT2D eigenvalue weighted by Crippen LogP contribution is 2.38. The van der Waals surface area contributed by atoms with Gasteiger partial charge < -0.3 is 0 Å². The average molecular weight is 136 g/mol. The molecule has 2 unspecified atom stereocenters. The van der Waals surface area contributed by atoms with E-state index in [0.29, 0.717) is 0 Å². The second-order valence-electron chi connectivity index (χ2n) is 3.66. The highest BCUT2D eigenvalue weighted by molar-refractivity contribution is 4.97. The molecule has 56 valence electrons. The van der Waals surface area contributed by atoms with Gasteiger partial charge in [-0.15, -0.1) is 0 Å². The van der Waals surface area contributed by atoms with Crippen molar-refractivity contribution in [2.24, 2.45) is 11.8 Å². The fourth-order valence-electron chi connectivity index (χ4n) is 2.39. The van der Waals surface area contributed by atoms with Crippen LogP contribution in [0.2, 0.25) is 0 Å². The van der Waals surface area contributed by atoms with Crippen molar-refractivity contribution in [1.29, 1.82) is 0 Å². The van der Waals surface area contributed by atoms with E-state index in [9.17, 15) is 0 Å². The minimum atomic E-state index is 0.975. The van der Waals surface area contributed by atoms with Crippen LogP contribution in [0.1, 0.15) is 38.5 Å². The summed E-state index contributed by atoms with van der Waals surface area (Å²) < 4.78 is 0. The van der Waals surface area contributed by atoms with Crippen LogP contribution in [0.3, 0.4) is 0 Å². The van der Waals surface area contributed by atoms with Crippen molar-refractivity contribution in [1.82, 2.24) is 0 Å². The molecule has 2 aliphatic carbocycles. The van der Waals surface area contributed by atoms with Crippen LogP contribution >= 0.6 is 0 Å². The maximum Gasteiger partial charge on any atom is -0.0352 e. The second-order valence-corrected chi connectivity index (χ2v) is 3.66. The summed E-state index contributed by atoms with van der Waals surface area (Å²) >= 11 is 0. The van der Waals surface area contributed by atoms with Crippen molar-refractivity contribution in [2.45, 2.75) is 38.5 Å². The van der Waals surface area contributed by atoms with E-state index in [4.69, 9.17) is 0 Å². The zero-order valence-corrected chi connectivity index (χ0v) is 6.55. The van der Waals surface area contributed by atoms with Crippen LogP contribution in [-0.4, -0.2) is 0 Å². The number of hydrogen-bond acceptors (Lipinski definition) is 0. The first-order valence-corrected chi connectivity index (χ1v) is 4.63. The summed E-state index contributed by atoms with van der Waals surface area (Å²) in [6.45, 7) is 0. The zero-order chi connectivity index (χ0) is 6.81. The highest BCUT2D eigenvalue weighted by atomic mass is 14.3. The second kappa shape index (κ2) is 2.94. The van der Waals surface area contributed by atoms with E-state index in [2.05, 4.69) is 12.8 Å². The minimum Gasteiger partial charge on any atom is -0.0530 e. The van der Waals surface area contributed by atoms with Gasteiger partial charge in [-0.05, 0) is 50.4 Å². The van der Waals surface area contributed by atoms with E-state index in [1.165, 1.54) is 38.5 Å². The normalized spacial score (nSPS) is 40.8. The van der Waals surface area contributed by atoms with E-state index in [1.807, 2.05) is 0 Å². The van der Waals surface area contributed by atoms with Crippen LogP contribution in [0.4, 0.5) is 0 Å². The topological polar surface area (TPSA) is 0 Å². The van der Waals surface area contributed by atoms with Crippen molar-refractivity contribution < 1.29 is 0 Å². The maximum absolute atomic E-state index is 2.56. The molecule has 2 aliphatic rings. The molecule has 0 nitrogen and oxygen atoms in total. The lowest BCUT2D eigenvalue weighted by Crippen LogP contribution is -2.23. The summed E-state index contributed by atoms with van der Waals surface area (Å²) in [7, 11) is 0. The SMILES string of the molecule is [CH]1CC[CH]C2CCCCC12. The zero-order valence-electron chi connectivity index (χ0n) is 6.55. The molecule has 0 aromatic heterocycles. The molecule has 0 heterocycles. The Bertz CT molecular complexity index is 80.6. The van der Waals surface area contributed by atoms with Crippen molar-refractivity contribution in [3.63, 3.8) is 0 Å². The summed E-state index contributed by atoms with van der Waals surface area (Å²) in [5, 5.41) is 0. The van der Waals surface area contributed by atoms with Gasteiger partial charge in [0.05, 0.1) is 0 Å². The van der Waals surface area contributed by atoms with Crippen molar-refractivity contribution in [2.75, 3.05) is 0 Å². The first-order valence-electron chi connectivity index (χ1n) is 4.63. The van der Waals surface area contributed by atoms with Gasteiger partial charge in [-0.3, -0.25) is 0 Å². The molecule has 0 heteroatoms. The molecule has 0 spiro atoms. The monoisotopic (exact) mass is 136 g/mol. The van der Waals surface area contributed by atoms with E-state index in [-0.39, 0.29) is 0 Å². The van der Waals surface area contributed by atoms with Gasteiger partial charge in [0.15, 0.2) is 0 Å². The lowest BCUT2D eigenvalue weighted by molar-refractivity contribution is 0.270. The molecular formula is C10H16. The molecule has 2 atom stereocenters. The summed E-state index contributed by atoms with van der Waals surface area (Å²) in [6.07, 6.45) is 13.7. The van der Waals surface area contributed by atoms with Gasteiger partial charge in [0.25, 0.3) is 0 Å². The molecule has 0 bridgehead atoms. The molecule has 10 heavy (non-hydrogen) atoms. The van der Waals surface area contributed by atoms with Crippen LogP contribution in [0.5, 0.6) is 0 Å². The highest BCUT2D eigenvalue weighted by Gasteiger charge is 2.27. The summed E-state index contributed by atoms with van der Waals surface area (Å²) in [5.74, 6) is 1.95. The minimum absolute atomic E-state index is 0.975. The quantitative estimate of drug-likeness (QED) is 0.480. The Labute approximate surface area is 64.0 Å². The molecule has 0 aliphatic heterocycles. The molecule has 2 radical (unpaired) electrons. The third-order valence-electron chi connectivity index (χ3n) is 2.98. The van der Waals surface area contributed by atoms with Gasteiger partial charge in [0.1, 0.15) is 0 Å². The molecule has 0 aromatic rings. The van der Waals surface area contributed by atoms with Gasteiger partial charge in [0, 0.05) is 0 Å². The van der Waals surface area contributed by atoms with Crippen LogP contribution in [-0.2, 0) is 0 Å². The summed E-state index contributed by atoms with van der Waals surface area (Å²) in [6, 6.07) is 0. The van der Waals surface area contributed by atoms with Crippen molar-refractivity contribution in [3.8, 4) is 0 Å². The molecule has 2 fully saturated rings. The Morgan fingerprint density at radius 1 is 0.800 bits per heavy atom. The van der Waals surface area contributed by atoms with Gasteiger partial charge in [-0.1, -0.05) is 12.8 Å². The largest absolute Gasteiger partial charge is 0.0530 e. The van der Waals surface area contributed by atoms with Crippen LogP contribution in [0.25, 0.3) is 0 Å². The molecule has 0 N–H and O–H groups in total. The molecule has 0 aromatic carbocycles. The lowest BCUT2D eigenvalue weighted by Gasteiger charge is -2.34. The number of hydrogen-bond donors (Lipinski definition) is 0. The molecule has 2 saturated carbocycles. The van der Waals surface area contributed by atoms with Crippen molar-refractivity contribution >= 4 is 0 Å². The predicted octanol–water partition coefficient (Wildman–Crippen LogP) is 3.00. The van der Waals surface area contributed by atoms with E-state index in [0.717, 1.165) is 11.8 Å². The van der Waals surface area contributed by atoms with Crippen molar-refractivity contribution in [3.05, 3.63) is 12.8 Å². The first-order chi connectivity index (χ1) is 4.97. The Morgan fingerprint density at radius 2 is 1.30 bits per heavy atom. The number of rotatable bonds is 0. The number of fused-ring (bicyclic) bond motifs is 1. The Balaban J connectivity index is 1.93. The third kappa shape index (κ3) is 1.21. The average Bonchev–Trinajstić information content (AvgIpc) is 2.05. The fourth-order valence-corrected chi connectivity index (χ4v) is 2.39. The van der Waals surface area contributed by atoms with E-state index in [1.54, 1.807) is 0 Å². The smallest absolute Gasteiger partial charge is 0.0352 e. The first kappa shape index (κ1) is 6.69. The van der Waals surface area contributed by atoms with E-state index < -0.39 is 0 Å². The van der Waals surface area contributed by atoms with Gasteiger partial charge in [-0.2, -0.15) is 0 Å². The Hall–Kier alpha value is 0. The van der Waals surface area contributed by atoms with Crippen LogP contribution in [0.15, 0.2) is 0 Å². The molecule has 2 rings (SSSR count). The molecular weight excluding hydrogens is 120 g/mol. The maximum atomic E-state index is 2.56. The molecule has 0 saturated heterocycles. The molecule has 0 amide bonds. The summed E-state index contributed by atoms with van der Waals surface area (Å²) in [4.78, 5) is 0. The fraction of sp³-hybridized carbons (Fsp3) is 0.800. The standard InChI is InChI=1S/C10H16/c1-2-6-10-8-4-3-7-9(10)5-1/h5-6,9-10H,1-4,7-8H2. The van der Waals surface area contributed by atoms with Gasteiger partial charge >= 0.3 is 0 Å². The van der Waals surface area contributed by atoms with E-state index >= 15 is 0 Å². The van der Waals surface area contributed by atoms with Crippen LogP contribution in [0, 0.1) is 24.7 Å². The third-order valence-corrected chi connectivity index (χ3v) is 2.98. The lowest BCUT2D eigenvalue weighted by atomic mass is 9.71. The van der Waals surface area contributed by atoms with Gasteiger partial charge in [-0.25, -0.2) is 0 Å². The Kier molecular flexibility index (Phi) is 1.97. The predicted molar refractivity (Wildman–Crippen MR) is 43.3 cm³/mol. The van der Waals surface area contributed by atoms with Crippen LogP contribution < -0.4 is 0 Å². The Morgan fingerprint density at radius 3 is 1.80 bits per heavy atom. The summed E-state index contributed by atoms with van der Waals surface area (Å²) in [5.41, 5.74) is 0. The van der Waals surface area contributed by atoms with Gasteiger partial charge in [0.2, 0.25) is 0 Å².